The van der Waals surface area contributed by atoms with Gasteiger partial charge in [0.15, 0.2) is 0 Å². The third kappa shape index (κ3) is 3.44. The maximum atomic E-state index is 11.6. The van der Waals surface area contributed by atoms with Crippen molar-refractivity contribution in [1.29, 1.82) is 0 Å². The normalized spacial score (nSPS) is 10.0. The van der Waals surface area contributed by atoms with Gasteiger partial charge in [-0.15, -0.1) is 0 Å². The molecule has 1 aromatic heterocycles. The van der Waals surface area contributed by atoms with Crippen molar-refractivity contribution in [2.45, 2.75) is 13.5 Å². The SMILES string of the molecule is C=C(C)COC(=O)Cn1ccc(=O)n(C)c1=O. The number of hydrogen-bond acceptors (Lipinski definition) is 4. The molecule has 0 unspecified atom stereocenters. The molecule has 0 spiro atoms. The molecule has 0 fully saturated rings. The fourth-order valence-electron chi connectivity index (χ4n) is 1.12. The second-order valence-electron chi connectivity index (χ2n) is 3.74. The summed E-state index contributed by atoms with van der Waals surface area (Å²) in [6.45, 7) is 5.22. The first-order valence-electron chi connectivity index (χ1n) is 4.98. The van der Waals surface area contributed by atoms with Crippen LogP contribution in [-0.4, -0.2) is 21.7 Å². The number of nitrogens with zero attached hydrogens (tertiary/aromatic N) is 2. The number of ether oxygens (including phenoxy) is 1. The van der Waals surface area contributed by atoms with E-state index in [4.69, 9.17) is 4.74 Å². The van der Waals surface area contributed by atoms with Crippen LogP contribution < -0.4 is 11.2 Å². The van der Waals surface area contributed by atoms with Crippen molar-refractivity contribution >= 4 is 5.97 Å². The number of esters is 1. The Hall–Kier alpha value is -2.11. The monoisotopic (exact) mass is 238 g/mol. The molecular formula is C11H14N2O4. The Bertz CT molecular complexity index is 553. The van der Waals surface area contributed by atoms with Crippen LogP contribution in [0.2, 0.25) is 0 Å². The summed E-state index contributed by atoms with van der Waals surface area (Å²) in [7, 11) is 1.35. The maximum absolute atomic E-state index is 11.6. The summed E-state index contributed by atoms with van der Waals surface area (Å²) in [5.41, 5.74) is -0.252. The minimum atomic E-state index is -0.551. The highest BCUT2D eigenvalue weighted by molar-refractivity contribution is 5.69. The smallest absolute Gasteiger partial charge is 0.331 e. The van der Waals surface area contributed by atoms with Gasteiger partial charge in [-0.2, -0.15) is 0 Å². The van der Waals surface area contributed by atoms with Crippen molar-refractivity contribution in [1.82, 2.24) is 9.13 Å². The standard InChI is InChI=1S/C11H14N2O4/c1-8(2)7-17-10(15)6-13-5-4-9(14)12(3)11(13)16/h4-5H,1,6-7H2,2-3H3. The maximum Gasteiger partial charge on any atom is 0.331 e. The molecule has 0 saturated heterocycles. The molecule has 17 heavy (non-hydrogen) atoms. The molecule has 6 heteroatoms. The second-order valence-corrected chi connectivity index (χ2v) is 3.74. The molecule has 0 aliphatic heterocycles. The molecule has 0 bridgehead atoms. The van der Waals surface area contributed by atoms with Crippen molar-refractivity contribution in [2.75, 3.05) is 6.61 Å². The number of aromatic nitrogens is 2. The van der Waals surface area contributed by atoms with Crippen LogP contribution in [0.15, 0.2) is 34.0 Å². The third-order valence-corrected chi connectivity index (χ3v) is 2.04. The van der Waals surface area contributed by atoms with Gasteiger partial charge in [-0.1, -0.05) is 6.58 Å². The zero-order chi connectivity index (χ0) is 13.0. The first kappa shape index (κ1) is 13.0. The van der Waals surface area contributed by atoms with Gasteiger partial charge in [0, 0.05) is 19.3 Å². The van der Waals surface area contributed by atoms with E-state index < -0.39 is 17.2 Å². The molecule has 0 aliphatic rings. The van der Waals surface area contributed by atoms with Crippen LogP contribution >= 0.6 is 0 Å². The van der Waals surface area contributed by atoms with E-state index in [0.717, 1.165) is 9.13 Å². The molecule has 1 aromatic rings. The summed E-state index contributed by atoms with van der Waals surface area (Å²) < 4.78 is 6.88. The van der Waals surface area contributed by atoms with Crippen LogP contribution in [0.1, 0.15) is 6.92 Å². The van der Waals surface area contributed by atoms with Gasteiger partial charge in [-0.3, -0.25) is 18.7 Å². The summed E-state index contributed by atoms with van der Waals surface area (Å²) >= 11 is 0. The lowest BCUT2D eigenvalue weighted by Gasteiger charge is -2.07. The van der Waals surface area contributed by atoms with E-state index in [9.17, 15) is 14.4 Å². The average Bonchev–Trinajstić information content (AvgIpc) is 2.27. The molecule has 0 saturated carbocycles. The highest BCUT2D eigenvalue weighted by atomic mass is 16.5. The van der Waals surface area contributed by atoms with Crippen molar-refractivity contribution in [3.8, 4) is 0 Å². The fraction of sp³-hybridized carbons (Fsp3) is 0.364. The number of hydrogen-bond donors (Lipinski definition) is 0. The van der Waals surface area contributed by atoms with Crippen molar-refractivity contribution in [3.63, 3.8) is 0 Å². The van der Waals surface area contributed by atoms with Gasteiger partial charge in [0.05, 0.1) is 0 Å². The molecule has 0 amide bonds. The van der Waals surface area contributed by atoms with Gasteiger partial charge in [0.2, 0.25) is 0 Å². The minimum absolute atomic E-state index is 0.124. The van der Waals surface area contributed by atoms with Gasteiger partial charge in [-0.25, -0.2) is 4.79 Å². The highest BCUT2D eigenvalue weighted by Gasteiger charge is 2.07. The largest absolute Gasteiger partial charge is 0.460 e. The molecule has 0 aromatic carbocycles. The molecule has 0 atom stereocenters. The number of rotatable bonds is 4. The van der Waals surface area contributed by atoms with E-state index in [2.05, 4.69) is 6.58 Å². The Balaban J connectivity index is 2.80. The van der Waals surface area contributed by atoms with Gasteiger partial charge < -0.3 is 4.74 Å². The quantitative estimate of drug-likeness (QED) is 0.532. The Morgan fingerprint density at radius 3 is 2.71 bits per heavy atom. The average molecular weight is 238 g/mol. The van der Waals surface area contributed by atoms with Crippen molar-refractivity contribution in [3.05, 3.63) is 45.3 Å². The zero-order valence-electron chi connectivity index (χ0n) is 9.80. The summed E-state index contributed by atoms with van der Waals surface area (Å²) in [5, 5.41) is 0. The highest BCUT2D eigenvalue weighted by Crippen LogP contribution is 1.90. The van der Waals surface area contributed by atoms with Crippen LogP contribution in [0.5, 0.6) is 0 Å². The van der Waals surface area contributed by atoms with Crippen LogP contribution in [0.3, 0.4) is 0 Å². The van der Waals surface area contributed by atoms with Crippen molar-refractivity contribution < 1.29 is 9.53 Å². The van der Waals surface area contributed by atoms with Crippen LogP contribution in [-0.2, 0) is 23.1 Å². The Morgan fingerprint density at radius 1 is 1.47 bits per heavy atom. The molecule has 0 aliphatic carbocycles. The van der Waals surface area contributed by atoms with Crippen LogP contribution in [0, 0.1) is 0 Å². The molecule has 1 rings (SSSR count). The summed E-state index contributed by atoms with van der Waals surface area (Å²) in [6, 6.07) is 1.22. The summed E-state index contributed by atoms with van der Waals surface area (Å²) in [6.07, 6.45) is 1.27. The first-order valence-corrected chi connectivity index (χ1v) is 4.98. The summed E-state index contributed by atoms with van der Waals surface area (Å²) in [4.78, 5) is 34.0. The Kier molecular flexibility index (Phi) is 4.03. The van der Waals surface area contributed by atoms with E-state index in [1.807, 2.05) is 0 Å². The molecular weight excluding hydrogens is 224 g/mol. The predicted molar refractivity (Wildman–Crippen MR) is 61.7 cm³/mol. The molecule has 0 N–H and O–H groups in total. The second kappa shape index (κ2) is 5.29. The van der Waals surface area contributed by atoms with Gasteiger partial charge in [0.25, 0.3) is 5.56 Å². The topological polar surface area (TPSA) is 70.3 Å². The number of carbonyl (C=O) groups excluding carboxylic acids is 1. The lowest BCUT2D eigenvalue weighted by atomic mass is 10.4. The van der Waals surface area contributed by atoms with E-state index in [0.29, 0.717) is 5.57 Å². The molecule has 6 nitrogen and oxygen atoms in total. The van der Waals surface area contributed by atoms with Gasteiger partial charge >= 0.3 is 11.7 Å². The minimum Gasteiger partial charge on any atom is -0.460 e. The Morgan fingerprint density at radius 2 is 2.12 bits per heavy atom. The zero-order valence-corrected chi connectivity index (χ0v) is 9.80. The predicted octanol–water partition coefficient (Wildman–Crippen LogP) is -0.334. The first-order chi connectivity index (χ1) is 7.91. The molecule has 0 radical (unpaired) electrons. The van der Waals surface area contributed by atoms with E-state index >= 15 is 0 Å². The lowest BCUT2D eigenvalue weighted by Crippen LogP contribution is -2.38. The van der Waals surface area contributed by atoms with E-state index in [1.165, 1.54) is 19.3 Å². The van der Waals surface area contributed by atoms with Crippen LogP contribution in [0.4, 0.5) is 0 Å². The molecule has 1 heterocycles. The Labute approximate surface area is 97.8 Å². The van der Waals surface area contributed by atoms with E-state index in [-0.39, 0.29) is 13.2 Å². The van der Waals surface area contributed by atoms with Gasteiger partial charge in [-0.05, 0) is 12.5 Å². The molecule has 92 valence electrons. The lowest BCUT2D eigenvalue weighted by molar-refractivity contribution is -0.143. The summed E-state index contributed by atoms with van der Waals surface area (Å²) in [5.74, 6) is -0.547. The van der Waals surface area contributed by atoms with Gasteiger partial charge in [0.1, 0.15) is 13.2 Å². The van der Waals surface area contributed by atoms with E-state index in [1.54, 1.807) is 6.92 Å². The fourth-order valence-corrected chi connectivity index (χ4v) is 1.12. The van der Waals surface area contributed by atoms with Crippen LogP contribution in [0.25, 0.3) is 0 Å². The number of carbonyl (C=O) groups is 1. The van der Waals surface area contributed by atoms with Crippen molar-refractivity contribution in [2.24, 2.45) is 7.05 Å². The third-order valence-electron chi connectivity index (χ3n) is 2.04.